The maximum atomic E-state index is 12.0. The molecule has 0 saturated heterocycles. The molecule has 1 aliphatic carbocycles. The van der Waals surface area contributed by atoms with E-state index in [4.69, 9.17) is 4.42 Å². The Kier molecular flexibility index (Phi) is 9.97. The summed E-state index contributed by atoms with van der Waals surface area (Å²) in [6.45, 7) is 12.1. The number of carboxylic acids is 1. The fourth-order valence-corrected chi connectivity index (χ4v) is 4.61. The van der Waals surface area contributed by atoms with Crippen LogP contribution in [0.5, 0.6) is 0 Å². The monoisotopic (exact) mass is 505 g/mol. The lowest BCUT2D eigenvalue weighted by Crippen LogP contribution is -2.29. The Balaban J connectivity index is 0.00000216. The summed E-state index contributed by atoms with van der Waals surface area (Å²) in [6, 6.07) is 19.3. The van der Waals surface area contributed by atoms with Gasteiger partial charge in [0.05, 0.1) is 12.0 Å². The van der Waals surface area contributed by atoms with Crippen LogP contribution in [0.4, 0.5) is 5.69 Å². The minimum Gasteiger partial charge on any atom is -0.545 e. The van der Waals surface area contributed by atoms with E-state index in [1.165, 1.54) is 0 Å². The Bertz CT molecular complexity index is 1360. The van der Waals surface area contributed by atoms with Gasteiger partial charge in [0.1, 0.15) is 24.4 Å². The van der Waals surface area contributed by atoms with Crippen LogP contribution in [0.1, 0.15) is 38.1 Å². The summed E-state index contributed by atoms with van der Waals surface area (Å²) in [6.07, 6.45) is 0. The van der Waals surface area contributed by atoms with Gasteiger partial charge in [0, 0.05) is 70.3 Å². The largest absolute Gasteiger partial charge is 0.545 e. The van der Waals surface area contributed by atoms with Crippen LogP contribution < -0.4 is 19.9 Å². The lowest BCUT2D eigenvalue weighted by Gasteiger charge is -2.23. The smallest absolute Gasteiger partial charge is 0.203 e. The van der Waals surface area contributed by atoms with Crippen molar-refractivity contribution in [1.82, 2.24) is 4.58 Å². The Morgan fingerprint density at radius 1 is 0.914 bits per heavy atom. The Labute approximate surface area is 223 Å². The normalized spacial score (nSPS) is 10.5. The van der Waals surface area contributed by atoms with Crippen molar-refractivity contribution < 1.29 is 14.3 Å². The molecule has 5 nitrogen and oxygen atoms in total. The first-order valence-electron chi connectivity index (χ1n) is 11.7. The molecule has 0 amide bonds. The molecule has 4 rings (SSSR count). The predicted octanol–water partition coefficient (Wildman–Crippen LogP) is 4.27. The van der Waals surface area contributed by atoms with Gasteiger partial charge in [-0.15, -0.1) is 12.4 Å². The first kappa shape index (κ1) is 28.5. The number of nitrogens with zero attached hydrogens (tertiary/aromatic N) is 2. The van der Waals surface area contributed by atoms with Crippen LogP contribution in [0, 0.1) is 0 Å². The molecule has 2 aromatic rings. The third kappa shape index (κ3) is 5.41. The van der Waals surface area contributed by atoms with E-state index in [0.29, 0.717) is 5.56 Å². The molecule has 0 fully saturated rings. The first-order chi connectivity index (χ1) is 16.0. The first-order valence-corrected chi connectivity index (χ1v) is 11.7. The molecule has 0 bridgehead atoms. The number of aromatic carboxylic acids is 1. The summed E-state index contributed by atoms with van der Waals surface area (Å²) < 4.78 is 8.72. The lowest BCUT2D eigenvalue weighted by atomic mass is 9.90. The number of carbonyl (C=O) groups excluding carboxylic acids is 1. The van der Waals surface area contributed by atoms with E-state index in [1.807, 2.05) is 24.3 Å². The molecule has 0 atom stereocenters. The lowest BCUT2D eigenvalue weighted by molar-refractivity contribution is -0.254. The third-order valence-corrected chi connectivity index (χ3v) is 6.36. The third-order valence-electron chi connectivity index (χ3n) is 6.36. The summed E-state index contributed by atoms with van der Waals surface area (Å²) in [5.41, 5.74) is 4.34. The van der Waals surface area contributed by atoms with E-state index in [1.54, 1.807) is 12.1 Å². The van der Waals surface area contributed by atoms with E-state index < -0.39 is 5.97 Å². The van der Waals surface area contributed by atoms with Gasteiger partial charge in [-0.05, 0) is 51.5 Å². The minimum atomic E-state index is -1.19. The zero-order valence-electron chi connectivity index (χ0n) is 20.7. The number of benzene rings is 3. The van der Waals surface area contributed by atoms with Crippen LogP contribution >= 0.6 is 12.4 Å². The number of anilines is 1. The number of carbonyl (C=O) groups is 1. The van der Waals surface area contributed by atoms with E-state index >= 15 is 0 Å². The van der Waals surface area contributed by atoms with Crippen molar-refractivity contribution in [3.8, 4) is 22.5 Å². The van der Waals surface area contributed by atoms with Crippen LogP contribution in [0.2, 0.25) is 0 Å². The molecule has 0 aromatic heterocycles. The van der Waals surface area contributed by atoms with Crippen LogP contribution in [-0.2, 0) is 0 Å². The van der Waals surface area contributed by atoms with Crippen LogP contribution in [0.15, 0.2) is 65.1 Å². The van der Waals surface area contributed by atoms with Crippen molar-refractivity contribution in [2.75, 3.05) is 31.1 Å². The number of fused-ring (bicyclic) bond motifs is 2. The fourth-order valence-electron chi connectivity index (χ4n) is 4.61. The maximum Gasteiger partial charge on any atom is 0.203 e. The molecule has 1 heterocycles. The summed E-state index contributed by atoms with van der Waals surface area (Å²) in [5, 5.41) is 13.9. The molecule has 1 aliphatic heterocycles. The highest BCUT2D eigenvalue weighted by atomic mass is 35.5. The van der Waals surface area contributed by atoms with Gasteiger partial charge >= 0.3 is 0 Å². The molecule has 3 radical (unpaired) electrons. The van der Waals surface area contributed by atoms with Gasteiger partial charge in [-0.25, -0.2) is 4.58 Å². The molecule has 0 spiro atoms. The summed E-state index contributed by atoms with van der Waals surface area (Å²) in [5.74, 6) is -0.459. The highest BCUT2D eigenvalue weighted by Crippen LogP contribution is 2.41. The number of hydrogen-bond donors (Lipinski definition) is 0. The average molecular weight is 506 g/mol. The van der Waals surface area contributed by atoms with E-state index in [2.05, 4.69) is 61.4 Å². The molecule has 2 aromatic carbocycles. The number of halogens is 1. The summed E-state index contributed by atoms with van der Waals surface area (Å²) >= 11 is 0. The second-order valence-corrected chi connectivity index (χ2v) is 8.02. The zero-order chi connectivity index (χ0) is 23.5. The molecular formula is C28H31AlClN2O3. The topological polar surface area (TPSA) is 59.5 Å². The second kappa shape index (κ2) is 12.3. The van der Waals surface area contributed by atoms with Crippen LogP contribution in [0.3, 0.4) is 0 Å². The Morgan fingerprint density at radius 2 is 1.60 bits per heavy atom. The predicted molar refractivity (Wildman–Crippen MR) is 146 cm³/mol. The highest BCUT2D eigenvalue weighted by Gasteiger charge is 2.21. The molecule has 0 N–H and O–H groups in total. The second-order valence-electron chi connectivity index (χ2n) is 8.02. The standard InChI is InChI=1S/C28H30N2O3.Al.ClH/c1-5-29(6-2)19-13-15-23-25(17-19)33-26-18-20(30(7-3)8-4)14-16-24(26)27(23)21-11-9-10-12-22(21)28(31)32;;/h9-18H,5-8H2,1-4H3;;1H. The highest BCUT2D eigenvalue weighted by molar-refractivity contribution is 6.07. The Morgan fingerprint density at radius 3 is 2.23 bits per heavy atom. The zero-order valence-corrected chi connectivity index (χ0v) is 22.7. The van der Waals surface area contributed by atoms with Crippen molar-refractivity contribution in [3.63, 3.8) is 0 Å². The molecule has 2 aliphatic rings. The summed E-state index contributed by atoms with van der Waals surface area (Å²) in [7, 11) is 0. The number of carboxylic acid groups (broad SMARTS) is 1. The van der Waals surface area contributed by atoms with Crippen molar-refractivity contribution >= 4 is 52.4 Å². The number of hydrogen-bond acceptors (Lipinski definition) is 4. The van der Waals surface area contributed by atoms with Gasteiger partial charge in [-0.1, -0.05) is 24.3 Å². The molecule has 181 valence electrons. The maximum absolute atomic E-state index is 12.0. The van der Waals surface area contributed by atoms with Gasteiger partial charge in [0.2, 0.25) is 5.36 Å². The number of rotatable bonds is 7. The minimum absolute atomic E-state index is 0. The SMILES string of the molecule is CCN(CC)c1ccc2c(-c3ccccc3C(=O)[O-])c3ccc(=[N+](CC)CC)cc-3oc2c1.Cl.[Al]. The van der Waals surface area contributed by atoms with Gasteiger partial charge in [0.25, 0.3) is 0 Å². The molecule has 0 saturated carbocycles. The van der Waals surface area contributed by atoms with Gasteiger partial charge in [-0.2, -0.15) is 0 Å². The van der Waals surface area contributed by atoms with Gasteiger partial charge in [0.15, 0.2) is 0 Å². The van der Waals surface area contributed by atoms with Crippen molar-refractivity contribution in [1.29, 1.82) is 0 Å². The van der Waals surface area contributed by atoms with Crippen molar-refractivity contribution in [3.05, 3.63) is 71.6 Å². The van der Waals surface area contributed by atoms with Gasteiger partial charge in [-0.3, -0.25) is 0 Å². The van der Waals surface area contributed by atoms with Gasteiger partial charge < -0.3 is 19.2 Å². The van der Waals surface area contributed by atoms with Crippen molar-refractivity contribution in [2.45, 2.75) is 27.7 Å². The van der Waals surface area contributed by atoms with Crippen LogP contribution in [-0.4, -0.2) is 49.5 Å². The summed E-state index contributed by atoms with van der Waals surface area (Å²) in [4.78, 5) is 14.2. The van der Waals surface area contributed by atoms with E-state index in [9.17, 15) is 9.90 Å². The Hall–Kier alpha value is -2.78. The van der Waals surface area contributed by atoms with Crippen LogP contribution in [0.25, 0.3) is 33.4 Å². The van der Waals surface area contributed by atoms with Crippen molar-refractivity contribution in [2.24, 2.45) is 0 Å². The molecular weight excluding hydrogens is 475 g/mol. The van der Waals surface area contributed by atoms with E-state index in [0.717, 1.165) is 65.1 Å². The fraction of sp³-hybridized carbons (Fsp3) is 0.286. The quantitative estimate of drug-likeness (QED) is 0.214. The average Bonchev–Trinajstić information content (AvgIpc) is 2.84. The molecule has 35 heavy (non-hydrogen) atoms. The molecule has 0 unspecified atom stereocenters. The molecule has 7 heteroatoms. The van der Waals surface area contributed by atoms with E-state index in [-0.39, 0.29) is 35.3 Å².